The summed E-state index contributed by atoms with van der Waals surface area (Å²) in [6, 6.07) is 6.83. The molecule has 0 radical (unpaired) electrons. The second-order valence-corrected chi connectivity index (χ2v) is 5.19. The van der Waals surface area contributed by atoms with E-state index >= 15 is 0 Å². The van der Waals surface area contributed by atoms with Gasteiger partial charge in [0, 0.05) is 19.9 Å². The number of carbonyl (C=O) groups is 3. The quantitative estimate of drug-likeness (QED) is 0.866. The van der Waals surface area contributed by atoms with Crippen LogP contribution in [0.25, 0.3) is 0 Å². The fraction of sp³-hybridized carbons (Fsp3) is 0.286. The second kappa shape index (κ2) is 7.04. The van der Waals surface area contributed by atoms with Crippen molar-refractivity contribution in [3.05, 3.63) is 29.3 Å². The molecule has 0 atom stereocenters. The summed E-state index contributed by atoms with van der Waals surface area (Å²) in [5.41, 5.74) is 2.96. The molecule has 0 saturated heterocycles. The minimum atomic E-state index is -0.394. The summed E-state index contributed by atoms with van der Waals surface area (Å²) in [6.45, 7) is -0.142. The van der Waals surface area contributed by atoms with Gasteiger partial charge in [-0.1, -0.05) is 23.7 Å². The lowest BCUT2D eigenvalue weighted by molar-refractivity contribution is -0.128. The van der Waals surface area contributed by atoms with Crippen molar-refractivity contribution < 1.29 is 14.4 Å². The topological polar surface area (TPSA) is 90.9 Å². The van der Waals surface area contributed by atoms with E-state index in [1.54, 1.807) is 24.3 Å². The molecule has 1 aromatic rings. The number of nitrogens with one attached hydrogen (secondary N) is 2. The SMILES string of the molecule is CN(CC(=O)Nc1ccccc1Cl)C(=O)C1=NNC(=O)CC1. The molecule has 8 heteroatoms. The lowest BCUT2D eigenvalue weighted by Crippen LogP contribution is -2.41. The number of amides is 3. The standard InChI is InChI=1S/C14H15ClN4O3/c1-19(14(22)11-6-7-12(20)18-17-11)8-13(21)16-10-5-3-2-4-9(10)15/h2-5H,6-8H2,1H3,(H,16,21)(H,18,20). The lowest BCUT2D eigenvalue weighted by atomic mass is 10.1. The van der Waals surface area contributed by atoms with E-state index in [4.69, 9.17) is 11.6 Å². The van der Waals surface area contributed by atoms with Crippen LogP contribution >= 0.6 is 11.6 Å². The van der Waals surface area contributed by atoms with Crippen LogP contribution in [0.2, 0.25) is 5.02 Å². The van der Waals surface area contributed by atoms with Gasteiger partial charge in [-0.15, -0.1) is 0 Å². The second-order valence-electron chi connectivity index (χ2n) is 4.78. The van der Waals surface area contributed by atoms with Crippen LogP contribution in [0.4, 0.5) is 5.69 Å². The molecular formula is C14H15ClN4O3. The van der Waals surface area contributed by atoms with Crippen molar-refractivity contribution >= 4 is 40.7 Å². The van der Waals surface area contributed by atoms with E-state index in [1.165, 1.54) is 11.9 Å². The number of para-hydroxylation sites is 1. The van der Waals surface area contributed by atoms with Crippen molar-refractivity contribution in [3.8, 4) is 0 Å². The Hall–Kier alpha value is -2.41. The van der Waals surface area contributed by atoms with Crippen molar-refractivity contribution in [1.29, 1.82) is 0 Å². The van der Waals surface area contributed by atoms with E-state index in [9.17, 15) is 14.4 Å². The van der Waals surface area contributed by atoms with Gasteiger partial charge in [0.1, 0.15) is 5.71 Å². The van der Waals surface area contributed by atoms with Gasteiger partial charge in [0.15, 0.2) is 0 Å². The molecule has 1 aliphatic heterocycles. The van der Waals surface area contributed by atoms with Crippen LogP contribution < -0.4 is 10.7 Å². The molecule has 7 nitrogen and oxygen atoms in total. The maximum absolute atomic E-state index is 12.1. The van der Waals surface area contributed by atoms with Crippen LogP contribution in [0.5, 0.6) is 0 Å². The number of carbonyl (C=O) groups excluding carboxylic acids is 3. The molecule has 0 spiro atoms. The molecule has 2 N–H and O–H groups in total. The molecule has 3 amide bonds. The molecule has 116 valence electrons. The summed E-state index contributed by atoms with van der Waals surface area (Å²) < 4.78 is 0. The van der Waals surface area contributed by atoms with Crippen molar-refractivity contribution in [3.63, 3.8) is 0 Å². The average molecular weight is 323 g/mol. The first-order valence-electron chi connectivity index (χ1n) is 6.62. The minimum absolute atomic E-state index is 0.142. The highest BCUT2D eigenvalue weighted by Crippen LogP contribution is 2.20. The number of rotatable bonds is 4. The summed E-state index contributed by atoms with van der Waals surface area (Å²) in [6.07, 6.45) is 0.478. The van der Waals surface area contributed by atoms with Crippen molar-refractivity contribution in [1.82, 2.24) is 10.3 Å². The fourth-order valence-electron chi connectivity index (χ4n) is 1.89. The van der Waals surface area contributed by atoms with Crippen LogP contribution in [0.1, 0.15) is 12.8 Å². The molecule has 1 aromatic carbocycles. The first-order valence-corrected chi connectivity index (χ1v) is 7.00. The number of hydrogen-bond acceptors (Lipinski definition) is 4. The Kier molecular flexibility index (Phi) is 5.11. The lowest BCUT2D eigenvalue weighted by Gasteiger charge is -2.19. The number of hydrogen-bond donors (Lipinski definition) is 2. The summed E-state index contributed by atoms with van der Waals surface area (Å²) >= 11 is 5.95. The third-order valence-electron chi connectivity index (χ3n) is 3.03. The Labute approximate surface area is 132 Å². The van der Waals surface area contributed by atoms with Gasteiger partial charge in [0.25, 0.3) is 5.91 Å². The van der Waals surface area contributed by atoms with Crippen molar-refractivity contribution in [2.45, 2.75) is 12.8 Å². The minimum Gasteiger partial charge on any atom is -0.331 e. The van der Waals surface area contributed by atoms with E-state index < -0.39 is 5.91 Å². The first-order chi connectivity index (χ1) is 10.5. The third kappa shape index (κ3) is 4.05. The zero-order valence-corrected chi connectivity index (χ0v) is 12.7. The molecule has 0 saturated carbocycles. The Bertz CT molecular complexity index is 645. The molecule has 2 rings (SSSR count). The van der Waals surface area contributed by atoms with E-state index in [2.05, 4.69) is 15.8 Å². The maximum atomic E-state index is 12.1. The van der Waals surface area contributed by atoms with Gasteiger partial charge in [0.05, 0.1) is 17.3 Å². The molecule has 0 unspecified atom stereocenters. The van der Waals surface area contributed by atoms with Gasteiger partial charge >= 0.3 is 0 Å². The Morgan fingerprint density at radius 2 is 2.09 bits per heavy atom. The molecule has 0 bridgehead atoms. The van der Waals surface area contributed by atoms with Crippen molar-refractivity contribution in [2.75, 3.05) is 18.9 Å². The molecule has 0 aliphatic carbocycles. The zero-order valence-electron chi connectivity index (χ0n) is 11.9. The summed E-state index contributed by atoms with van der Waals surface area (Å²) in [5.74, 6) is -0.991. The van der Waals surface area contributed by atoms with Gasteiger partial charge < -0.3 is 10.2 Å². The summed E-state index contributed by atoms with van der Waals surface area (Å²) in [5, 5.41) is 6.76. The Morgan fingerprint density at radius 3 is 2.73 bits per heavy atom. The summed E-state index contributed by atoms with van der Waals surface area (Å²) in [7, 11) is 1.49. The fourth-order valence-corrected chi connectivity index (χ4v) is 2.07. The van der Waals surface area contributed by atoms with Crippen LogP contribution in [0, 0.1) is 0 Å². The number of hydrazone groups is 1. The molecule has 1 heterocycles. The number of halogens is 1. The molecule has 22 heavy (non-hydrogen) atoms. The predicted octanol–water partition coefficient (Wildman–Crippen LogP) is 1.00. The Morgan fingerprint density at radius 1 is 1.36 bits per heavy atom. The molecule has 0 aromatic heterocycles. The number of likely N-dealkylation sites (N-methyl/N-ethyl adjacent to an activating group) is 1. The van der Waals surface area contributed by atoms with Gasteiger partial charge in [-0.25, -0.2) is 5.43 Å². The maximum Gasteiger partial charge on any atom is 0.270 e. The molecule has 0 fully saturated rings. The van der Waals surface area contributed by atoms with Gasteiger partial charge in [-0.05, 0) is 12.1 Å². The zero-order chi connectivity index (χ0) is 16.1. The van der Waals surface area contributed by atoms with Crippen LogP contribution in [-0.4, -0.2) is 41.9 Å². The monoisotopic (exact) mass is 322 g/mol. The van der Waals surface area contributed by atoms with Gasteiger partial charge in [-0.2, -0.15) is 5.10 Å². The van der Waals surface area contributed by atoms with E-state index in [0.717, 1.165) is 0 Å². The average Bonchev–Trinajstić information content (AvgIpc) is 2.49. The number of nitrogens with zero attached hydrogens (tertiary/aromatic N) is 2. The highest BCUT2D eigenvalue weighted by molar-refractivity contribution is 6.39. The van der Waals surface area contributed by atoms with Gasteiger partial charge in [-0.3, -0.25) is 14.4 Å². The largest absolute Gasteiger partial charge is 0.331 e. The highest BCUT2D eigenvalue weighted by Gasteiger charge is 2.22. The summed E-state index contributed by atoms with van der Waals surface area (Å²) in [4.78, 5) is 36.3. The number of anilines is 1. The third-order valence-corrected chi connectivity index (χ3v) is 3.36. The number of benzene rings is 1. The smallest absolute Gasteiger partial charge is 0.270 e. The van der Waals surface area contributed by atoms with Gasteiger partial charge in [0.2, 0.25) is 11.8 Å². The van der Waals surface area contributed by atoms with Crippen LogP contribution in [0.15, 0.2) is 29.4 Å². The van der Waals surface area contributed by atoms with E-state index in [1.807, 2.05) is 0 Å². The van der Waals surface area contributed by atoms with E-state index in [0.29, 0.717) is 10.7 Å². The van der Waals surface area contributed by atoms with E-state index in [-0.39, 0.29) is 36.9 Å². The molecule has 1 aliphatic rings. The predicted molar refractivity (Wildman–Crippen MR) is 82.5 cm³/mol. The normalized spacial score (nSPS) is 13.9. The van der Waals surface area contributed by atoms with Crippen LogP contribution in [0.3, 0.4) is 0 Å². The first kappa shape index (κ1) is 16.0. The molecular weight excluding hydrogens is 308 g/mol. The van der Waals surface area contributed by atoms with Crippen molar-refractivity contribution in [2.24, 2.45) is 5.10 Å². The van der Waals surface area contributed by atoms with Crippen LogP contribution in [-0.2, 0) is 14.4 Å². The highest BCUT2D eigenvalue weighted by atomic mass is 35.5. The Balaban J connectivity index is 1.92.